The van der Waals surface area contributed by atoms with Crippen molar-refractivity contribution >= 4 is 17.3 Å². The Labute approximate surface area is 113 Å². The van der Waals surface area contributed by atoms with Crippen LogP contribution in [0.25, 0.3) is 0 Å². The molecule has 0 aliphatic carbocycles. The number of benzene rings is 2. The smallest absolute Gasteiger partial charge is 0.0452 e. The fourth-order valence-electron chi connectivity index (χ4n) is 1.96. The Balaban J connectivity index is 2.03. The summed E-state index contributed by atoms with van der Waals surface area (Å²) < 4.78 is 0. The number of hydrogen-bond donors (Lipinski definition) is 1. The van der Waals surface area contributed by atoms with E-state index in [1.54, 1.807) is 0 Å². The zero-order chi connectivity index (χ0) is 13.0. The molecule has 2 aromatic rings. The third-order valence-electron chi connectivity index (χ3n) is 2.81. The maximum atomic E-state index is 6.16. The van der Waals surface area contributed by atoms with Crippen molar-refractivity contribution in [2.45, 2.75) is 13.1 Å². The third kappa shape index (κ3) is 3.49. The Bertz CT molecular complexity index is 511. The van der Waals surface area contributed by atoms with E-state index in [0.29, 0.717) is 0 Å². The Kier molecular flexibility index (Phi) is 4.24. The summed E-state index contributed by atoms with van der Waals surface area (Å²) in [5.41, 5.74) is 8.89. The van der Waals surface area contributed by atoms with Crippen molar-refractivity contribution in [3.8, 4) is 0 Å². The van der Waals surface area contributed by atoms with E-state index >= 15 is 0 Å². The second-order valence-corrected chi connectivity index (χ2v) is 4.92. The summed E-state index contributed by atoms with van der Waals surface area (Å²) in [6.45, 7) is 1.69. The van der Waals surface area contributed by atoms with Crippen LogP contribution >= 0.6 is 11.6 Å². The van der Waals surface area contributed by atoms with Gasteiger partial charge in [-0.25, -0.2) is 0 Å². The highest BCUT2D eigenvalue weighted by atomic mass is 35.5. The number of nitrogen functional groups attached to an aromatic ring is 1. The molecule has 0 aromatic heterocycles. The Morgan fingerprint density at radius 3 is 2.50 bits per heavy atom. The van der Waals surface area contributed by atoms with Crippen LogP contribution < -0.4 is 5.73 Å². The summed E-state index contributed by atoms with van der Waals surface area (Å²) >= 11 is 6.16. The number of halogens is 1. The zero-order valence-corrected chi connectivity index (χ0v) is 11.2. The van der Waals surface area contributed by atoms with Gasteiger partial charge in [0.2, 0.25) is 0 Å². The molecule has 0 spiro atoms. The summed E-state index contributed by atoms with van der Waals surface area (Å²) in [7, 11) is 2.08. The van der Waals surface area contributed by atoms with Crippen LogP contribution in [0, 0.1) is 0 Å². The molecule has 0 fully saturated rings. The lowest BCUT2D eigenvalue weighted by Gasteiger charge is -2.17. The van der Waals surface area contributed by atoms with Gasteiger partial charge < -0.3 is 5.73 Å². The molecule has 0 aliphatic heterocycles. The van der Waals surface area contributed by atoms with Gasteiger partial charge in [-0.1, -0.05) is 41.9 Å². The molecule has 0 unspecified atom stereocenters. The van der Waals surface area contributed by atoms with Gasteiger partial charge >= 0.3 is 0 Å². The highest BCUT2D eigenvalue weighted by Crippen LogP contribution is 2.20. The molecule has 0 aliphatic rings. The van der Waals surface area contributed by atoms with Crippen LogP contribution in [0.4, 0.5) is 5.69 Å². The number of nitrogens with two attached hydrogens (primary N) is 1. The lowest BCUT2D eigenvalue weighted by atomic mass is 10.1. The maximum Gasteiger partial charge on any atom is 0.0452 e. The van der Waals surface area contributed by atoms with Gasteiger partial charge in [0.05, 0.1) is 0 Å². The molecule has 2 rings (SSSR count). The van der Waals surface area contributed by atoms with Crippen molar-refractivity contribution in [2.75, 3.05) is 12.8 Å². The van der Waals surface area contributed by atoms with E-state index in [9.17, 15) is 0 Å². The van der Waals surface area contributed by atoms with Gasteiger partial charge in [0.1, 0.15) is 0 Å². The van der Waals surface area contributed by atoms with Crippen LogP contribution in [0.1, 0.15) is 11.1 Å². The highest BCUT2D eigenvalue weighted by Gasteiger charge is 2.05. The van der Waals surface area contributed by atoms with Crippen molar-refractivity contribution in [1.29, 1.82) is 0 Å². The normalized spacial score (nSPS) is 10.8. The average molecular weight is 261 g/mol. The summed E-state index contributed by atoms with van der Waals surface area (Å²) in [5.74, 6) is 0. The van der Waals surface area contributed by atoms with Crippen molar-refractivity contribution in [3.05, 3.63) is 64.7 Å². The van der Waals surface area contributed by atoms with Gasteiger partial charge in [-0.3, -0.25) is 4.90 Å². The second kappa shape index (κ2) is 5.89. The van der Waals surface area contributed by atoms with Crippen molar-refractivity contribution in [2.24, 2.45) is 0 Å². The molecular weight excluding hydrogens is 244 g/mol. The number of nitrogens with zero attached hydrogens (tertiary/aromatic N) is 1. The first-order chi connectivity index (χ1) is 8.65. The van der Waals surface area contributed by atoms with Crippen molar-refractivity contribution in [3.63, 3.8) is 0 Å². The minimum Gasteiger partial charge on any atom is -0.399 e. The molecule has 0 atom stereocenters. The fourth-order valence-corrected chi connectivity index (χ4v) is 2.13. The first-order valence-corrected chi connectivity index (χ1v) is 6.29. The number of anilines is 1. The SMILES string of the molecule is CN(Cc1ccccc1)Cc1cc(N)ccc1Cl. The van der Waals surface area contributed by atoms with Crippen molar-refractivity contribution in [1.82, 2.24) is 4.90 Å². The van der Waals surface area contributed by atoms with Crippen LogP contribution in [0.3, 0.4) is 0 Å². The predicted molar refractivity (Wildman–Crippen MR) is 77.5 cm³/mol. The Hall–Kier alpha value is -1.51. The molecule has 0 saturated carbocycles. The van der Waals surface area contributed by atoms with Crippen molar-refractivity contribution < 1.29 is 0 Å². The van der Waals surface area contributed by atoms with Crippen LogP contribution in [0.2, 0.25) is 5.02 Å². The minimum atomic E-state index is 0.752. The lowest BCUT2D eigenvalue weighted by molar-refractivity contribution is 0.319. The number of hydrogen-bond acceptors (Lipinski definition) is 2. The first-order valence-electron chi connectivity index (χ1n) is 5.91. The maximum absolute atomic E-state index is 6.16. The summed E-state index contributed by atoms with van der Waals surface area (Å²) in [4.78, 5) is 2.22. The zero-order valence-electron chi connectivity index (χ0n) is 10.4. The fraction of sp³-hybridized carbons (Fsp3) is 0.200. The molecule has 0 radical (unpaired) electrons. The lowest BCUT2D eigenvalue weighted by Crippen LogP contribution is -2.17. The van der Waals surface area contributed by atoms with E-state index in [1.165, 1.54) is 5.56 Å². The van der Waals surface area contributed by atoms with Gasteiger partial charge in [-0.2, -0.15) is 0 Å². The monoisotopic (exact) mass is 260 g/mol. The van der Waals surface area contributed by atoms with Gasteiger partial charge in [-0.05, 0) is 36.4 Å². The van der Waals surface area contributed by atoms with E-state index in [-0.39, 0.29) is 0 Å². The molecule has 2 N–H and O–H groups in total. The third-order valence-corrected chi connectivity index (χ3v) is 3.17. The Morgan fingerprint density at radius 1 is 1.06 bits per heavy atom. The second-order valence-electron chi connectivity index (χ2n) is 4.51. The molecule has 18 heavy (non-hydrogen) atoms. The molecule has 0 bridgehead atoms. The van der Waals surface area contributed by atoms with E-state index < -0.39 is 0 Å². The number of rotatable bonds is 4. The highest BCUT2D eigenvalue weighted by molar-refractivity contribution is 6.31. The van der Waals surface area contributed by atoms with E-state index in [4.69, 9.17) is 17.3 Å². The molecule has 0 heterocycles. The molecule has 0 amide bonds. The first kappa shape index (κ1) is 12.9. The molecule has 2 nitrogen and oxygen atoms in total. The van der Waals surface area contributed by atoms with E-state index in [2.05, 4.69) is 36.2 Å². The minimum absolute atomic E-state index is 0.752. The van der Waals surface area contributed by atoms with E-state index in [1.807, 2.05) is 24.3 Å². The molecule has 94 valence electrons. The average Bonchev–Trinajstić information content (AvgIpc) is 2.35. The quantitative estimate of drug-likeness (QED) is 0.852. The molecule has 0 saturated heterocycles. The topological polar surface area (TPSA) is 29.3 Å². The molecule has 2 aromatic carbocycles. The van der Waals surface area contributed by atoms with Crippen LogP contribution in [-0.2, 0) is 13.1 Å². The van der Waals surface area contributed by atoms with E-state index in [0.717, 1.165) is 29.4 Å². The summed E-state index contributed by atoms with van der Waals surface area (Å²) in [6, 6.07) is 16.0. The molecular formula is C15H17ClN2. The largest absolute Gasteiger partial charge is 0.399 e. The predicted octanol–water partition coefficient (Wildman–Crippen LogP) is 3.55. The standard InChI is InChI=1S/C15H17ClN2/c1-18(10-12-5-3-2-4-6-12)11-13-9-14(17)7-8-15(13)16/h2-9H,10-11,17H2,1H3. The van der Waals surface area contributed by atoms with Gasteiger partial charge in [-0.15, -0.1) is 0 Å². The summed E-state index contributed by atoms with van der Waals surface area (Å²) in [6.07, 6.45) is 0. The van der Waals surface area contributed by atoms with Crippen LogP contribution in [0.15, 0.2) is 48.5 Å². The summed E-state index contributed by atoms with van der Waals surface area (Å²) in [5, 5.41) is 0.768. The van der Waals surface area contributed by atoms with Gasteiger partial charge in [0.15, 0.2) is 0 Å². The van der Waals surface area contributed by atoms with Crippen LogP contribution in [0.5, 0.6) is 0 Å². The molecule has 3 heteroatoms. The van der Waals surface area contributed by atoms with Gasteiger partial charge in [0, 0.05) is 23.8 Å². The van der Waals surface area contributed by atoms with Gasteiger partial charge in [0.25, 0.3) is 0 Å². The Morgan fingerprint density at radius 2 is 1.78 bits per heavy atom. The van der Waals surface area contributed by atoms with Crippen LogP contribution in [-0.4, -0.2) is 11.9 Å².